The molecule has 0 aliphatic rings. The molecule has 0 aliphatic heterocycles. The van der Waals surface area contributed by atoms with E-state index in [1.165, 1.54) is 11.8 Å². The first-order valence-electron chi connectivity index (χ1n) is 5.02. The minimum atomic E-state index is -0.0717. The molecule has 16 heavy (non-hydrogen) atoms. The predicted octanol–water partition coefficient (Wildman–Crippen LogP) is 2.67. The molecule has 1 rings (SSSR count). The van der Waals surface area contributed by atoms with Crippen LogP contribution in [0, 0.1) is 0 Å². The first kappa shape index (κ1) is 12.7. The predicted molar refractivity (Wildman–Crippen MR) is 64.8 cm³/mol. The van der Waals surface area contributed by atoms with Crippen molar-refractivity contribution in [3.63, 3.8) is 0 Å². The van der Waals surface area contributed by atoms with Crippen LogP contribution in [0.15, 0.2) is 24.3 Å². The van der Waals surface area contributed by atoms with Crippen LogP contribution in [0.5, 0.6) is 0 Å². The number of carbonyl (C=O) groups excluding carboxylic acids is 2. The second-order valence-corrected chi connectivity index (χ2v) is 4.07. The van der Waals surface area contributed by atoms with Gasteiger partial charge in [-0.15, -0.1) is 0 Å². The molecule has 1 aromatic carbocycles. The molecule has 0 aliphatic carbocycles. The minimum Gasteiger partial charge on any atom is -0.315 e. The molecule has 3 nitrogen and oxygen atoms in total. The molecule has 0 aromatic heterocycles. The highest BCUT2D eigenvalue weighted by Crippen LogP contribution is 2.17. The molecular weight excluding hydrogens is 226 g/mol. The number of rotatable bonds is 4. The average Bonchev–Trinajstić information content (AvgIpc) is 2.26. The number of hydrogen-bond donors (Lipinski definition) is 0. The molecular formula is C12H14ClNO2. The van der Waals surface area contributed by atoms with Crippen molar-refractivity contribution >= 4 is 29.0 Å². The van der Waals surface area contributed by atoms with Crippen molar-refractivity contribution in [3.05, 3.63) is 29.3 Å². The number of ketones is 1. The fraction of sp³-hybridized carbons (Fsp3) is 0.333. The number of benzene rings is 1. The van der Waals surface area contributed by atoms with Crippen LogP contribution in [-0.4, -0.2) is 18.7 Å². The van der Waals surface area contributed by atoms with Crippen molar-refractivity contribution in [2.24, 2.45) is 0 Å². The maximum absolute atomic E-state index is 11.7. The van der Waals surface area contributed by atoms with Crippen molar-refractivity contribution < 1.29 is 9.59 Å². The van der Waals surface area contributed by atoms with Crippen molar-refractivity contribution in [2.75, 3.05) is 11.9 Å². The molecule has 1 amide bonds. The summed E-state index contributed by atoms with van der Waals surface area (Å²) in [6, 6.07) is 7.00. The Kier molecular flexibility index (Phi) is 4.50. The molecule has 0 N–H and O–H groups in total. The molecule has 0 saturated carbocycles. The summed E-state index contributed by atoms with van der Waals surface area (Å²) in [6.45, 7) is 1.48. The maximum Gasteiger partial charge on any atom is 0.227 e. The van der Waals surface area contributed by atoms with Crippen LogP contribution in [0.1, 0.15) is 19.8 Å². The molecule has 0 atom stereocenters. The van der Waals surface area contributed by atoms with Gasteiger partial charge in [0.25, 0.3) is 0 Å². The zero-order chi connectivity index (χ0) is 12.1. The largest absolute Gasteiger partial charge is 0.315 e. The van der Waals surface area contributed by atoms with Gasteiger partial charge in [0.1, 0.15) is 5.78 Å². The van der Waals surface area contributed by atoms with Gasteiger partial charge >= 0.3 is 0 Å². The Morgan fingerprint density at radius 1 is 1.19 bits per heavy atom. The molecule has 0 unspecified atom stereocenters. The molecule has 1 aromatic rings. The lowest BCUT2D eigenvalue weighted by Crippen LogP contribution is -2.26. The molecule has 0 radical (unpaired) electrons. The molecule has 0 spiro atoms. The lowest BCUT2D eigenvalue weighted by Gasteiger charge is -2.16. The number of amides is 1. The standard InChI is InChI=1S/C12H14ClNO2/c1-9(15)3-8-12(16)14(2)11-6-4-10(13)5-7-11/h4-7H,3,8H2,1-2H3. The Balaban J connectivity index is 2.63. The third-order valence-corrected chi connectivity index (χ3v) is 2.53. The quantitative estimate of drug-likeness (QED) is 0.810. The van der Waals surface area contributed by atoms with E-state index in [-0.39, 0.29) is 24.5 Å². The van der Waals surface area contributed by atoms with E-state index >= 15 is 0 Å². The lowest BCUT2D eigenvalue weighted by atomic mass is 10.2. The van der Waals surface area contributed by atoms with Gasteiger partial charge in [0.2, 0.25) is 5.91 Å². The van der Waals surface area contributed by atoms with Gasteiger partial charge in [-0.3, -0.25) is 4.79 Å². The van der Waals surface area contributed by atoms with Gasteiger partial charge in [0.15, 0.2) is 0 Å². The number of carbonyl (C=O) groups is 2. The Morgan fingerprint density at radius 2 is 1.75 bits per heavy atom. The highest BCUT2D eigenvalue weighted by molar-refractivity contribution is 6.30. The van der Waals surface area contributed by atoms with E-state index in [1.807, 2.05) is 0 Å². The van der Waals surface area contributed by atoms with E-state index < -0.39 is 0 Å². The summed E-state index contributed by atoms with van der Waals surface area (Å²) < 4.78 is 0. The van der Waals surface area contributed by atoms with Crippen LogP contribution >= 0.6 is 11.6 Å². The summed E-state index contributed by atoms with van der Waals surface area (Å²) in [6.07, 6.45) is 0.533. The number of halogens is 1. The fourth-order valence-electron chi connectivity index (χ4n) is 1.26. The molecule has 0 saturated heterocycles. The number of hydrogen-bond acceptors (Lipinski definition) is 2. The summed E-state index contributed by atoms with van der Waals surface area (Å²) in [5, 5.41) is 0.633. The zero-order valence-corrected chi connectivity index (χ0v) is 10.1. The van der Waals surface area contributed by atoms with Gasteiger partial charge in [-0.1, -0.05) is 11.6 Å². The third-order valence-electron chi connectivity index (χ3n) is 2.28. The van der Waals surface area contributed by atoms with Crippen molar-refractivity contribution in [1.82, 2.24) is 0 Å². The smallest absolute Gasteiger partial charge is 0.227 e. The Morgan fingerprint density at radius 3 is 2.25 bits per heavy atom. The Bertz CT molecular complexity index is 387. The van der Waals surface area contributed by atoms with Crippen LogP contribution in [-0.2, 0) is 9.59 Å². The van der Waals surface area contributed by atoms with E-state index in [0.29, 0.717) is 5.02 Å². The maximum atomic E-state index is 11.7. The van der Waals surface area contributed by atoms with Gasteiger partial charge in [0.05, 0.1) is 0 Å². The first-order valence-corrected chi connectivity index (χ1v) is 5.40. The second kappa shape index (κ2) is 5.66. The van der Waals surface area contributed by atoms with Crippen LogP contribution in [0.3, 0.4) is 0 Å². The fourth-order valence-corrected chi connectivity index (χ4v) is 1.39. The SMILES string of the molecule is CC(=O)CCC(=O)N(C)c1ccc(Cl)cc1. The minimum absolute atomic E-state index is 0.0258. The first-order chi connectivity index (χ1) is 7.50. The summed E-state index contributed by atoms with van der Waals surface area (Å²) in [4.78, 5) is 24.0. The van der Waals surface area contributed by atoms with Crippen LogP contribution in [0.4, 0.5) is 5.69 Å². The normalized spacial score (nSPS) is 9.94. The van der Waals surface area contributed by atoms with E-state index in [0.717, 1.165) is 5.69 Å². The van der Waals surface area contributed by atoms with E-state index in [1.54, 1.807) is 31.3 Å². The molecule has 86 valence electrons. The molecule has 0 heterocycles. The number of Topliss-reactive ketones (excluding diaryl/α,β-unsaturated/α-hetero) is 1. The summed E-state index contributed by atoms with van der Waals surface area (Å²) >= 11 is 5.75. The van der Waals surface area contributed by atoms with Gasteiger partial charge in [-0.05, 0) is 31.2 Å². The summed E-state index contributed by atoms with van der Waals surface area (Å²) in [5.74, 6) is -0.0459. The Labute approximate surface area is 100 Å². The van der Waals surface area contributed by atoms with Gasteiger partial charge in [-0.25, -0.2) is 0 Å². The number of anilines is 1. The van der Waals surface area contributed by atoms with E-state index in [4.69, 9.17) is 11.6 Å². The van der Waals surface area contributed by atoms with Crippen LogP contribution < -0.4 is 4.90 Å². The topological polar surface area (TPSA) is 37.4 Å². The van der Waals surface area contributed by atoms with Crippen molar-refractivity contribution in [2.45, 2.75) is 19.8 Å². The second-order valence-electron chi connectivity index (χ2n) is 3.63. The highest BCUT2D eigenvalue weighted by atomic mass is 35.5. The zero-order valence-electron chi connectivity index (χ0n) is 9.37. The molecule has 0 fully saturated rings. The highest BCUT2D eigenvalue weighted by Gasteiger charge is 2.11. The Hall–Kier alpha value is -1.35. The summed E-state index contributed by atoms with van der Waals surface area (Å²) in [7, 11) is 1.69. The third kappa shape index (κ3) is 3.66. The molecule has 0 bridgehead atoms. The lowest BCUT2D eigenvalue weighted by molar-refractivity contribution is -0.122. The van der Waals surface area contributed by atoms with Crippen LogP contribution in [0.2, 0.25) is 5.02 Å². The van der Waals surface area contributed by atoms with Crippen molar-refractivity contribution in [3.8, 4) is 0 Å². The van der Waals surface area contributed by atoms with E-state index in [9.17, 15) is 9.59 Å². The van der Waals surface area contributed by atoms with Gasteiger partial charge in [-0.2, -0.15) is 0 Å². The average molecular weight is 240 g/mol. The van der Waals surface area contributed by atoms with E-state index in [2.05, 4.69) is 0 Å². The van der Waals surface area contributed by atoms with Crippen molar-refractivity contribution in [1.29, 1.82) is 0 Å². The number of nitrogens with zero attached hydrogens (tertiary/aromatic N) is 1. The summed E-state index contributed by atoms with van der Waals surface area (Å²) in [5.41, 5.74) is 0.776. The van der Waals surface area contributed by atoms with Gasteiger partial charge < -0.3 is 9.69 Å². The molecule has 4 heteroatoms. The van der Waals surface area contributed by atoms with Crippen LogP contribution in [0.25, 0.3) is 0 Å². The van der Waals surface area contributed by atoms with Gasteiger partial charge in [0, 0.05) is 30.6 Å². The monoisotopic (exact) mass is 239 g/mol.